The molecule has 408 valence electrons. The fourth-order valence-corrected chi connectivity index (χ4v) is 11.2. The first kappa shape index (κ1) is 59.7. The number of allylic oxidation sites excluding steroid dienone is 6. The number of rotatable bonds is 7. The summed E-state index contributed by atoms with van der Waals surface area (Å²) in [5, 5.41) is 37.4. The molecule has 1 saturated carbocycles. The van der Waals surface area contributed by atoms with Gasteiger partial charge in [0, 0.05) is 44.3 Å². The number of esters is 1. The highest BCUT2D eigenvalue weighted by molar-refractivity contribution is 6.39. The summed E-state index contributed by atoms with van der Waals surface area (Å²) in [6.07, 6.45) is 8.12. The molecule has 16 heteroatoms. The van der Waals surface area contributed by atoms with E-state index < -0.39 is 89.6 Å². The number of aliphatic hydroxyl groups is 3. The number of Topliss-reactive ketones (excluding diaryl/α,β-unsaturated/α-hetero) is 2. The van der Waals surface area contributed by atoms with Gasteiger partial charge < -0.3 is 44.5 Å². The van der Waals surface area contributed by atoms with E-state index in [1.54, 1.807) is 46.1 Å². The van der Waals surface area contributed by atoms with E-state index in [2.05, 4.69) is 5.32 Å². The molecule has 3 aliphatic heterocycles. The lowest BCUT2D eigenvalue weighted by molar-refractivity contribution is -0.263. The van der Waals surface area contributed by atoms with Crippen LogP contribution in [-0.4, -0.2) is 119 Å². The predicted molar refractivity (Wildman–Crippen MR) is 273 cm³/mol. The number of nitrogens with zero attached hydrogens (tertiary/aromatic N) is 1. The lowest BCUT2D eigenvalue weighted by Gasteiger charge is -2.43. The van der Waals surface area contributed by atoms with Gasteiger partial charge in [0.15, 0.2) is 5.78 Å². The first-order valence-corrected chi connectivity index (χ1v) is 26.5. The van der Waals surface area contributed by atoms with Crippen molar-refractivity contribution in [3.8, 4) is 0 Å². The first-order valence-electron chi connectivity index (χ1n) is 26.5. The zero-order chi connectivity index (χ0) is 53.8. The third-order valence-corrected chi connectivity index (χ3v) is 15.8. The molecule has 0 spiro atoms. The summed E-state index contributed by atoms with van der Waals surface area (Å²) in [5.74, 6) is -7.11. The highest BCUT2D eigenvalue weighted by Gasteiger charge is 2.53. The van der Waals surface area contributed by atoms with E-state index in [1.807, 2.05) is 45.9 Å². The van der Waals surface area contributed by atoms with Crippen LogP contribution in [0.3, 0.4) is 0 Å². The average Bonchev–Trinajstić information content (AvgIpc) is 3.35. The number of carbonyl (C=O) groups excluding carboxylic acids is 4. The van der Waals surface area contributed by atoms with E-state index in [1.165, 1.54) is 24.1 Å². The van der Waals surface area contributed by atoms with Gasteiger partial charge in [0.05, 0.1) is 23.9 Å². The van der Waals surface area contributed by atoms with Gasteiger partial charge in [-0.1, -0.05) is 82.7 Å². The van der Waals surface area contributed by atoms with Crippen LogP contribution < -0.4 is 5.32 Å². The second-order valence-corrected chi connectivity index (χ2v) is 21.7. The molecule has 4 N–H and O–H groups in total. The van der Waals surface area contributed by atoms with Gasteiger partial charge in [0.2, 0.25) is 5.79 Å². The Hall–Kier alpha value is -4.19. The smallest absolute Gasteiger partial charge is 0.416 e. The van der Waals surface area contributed by atoms with Crippen molar-refractivity contribution in [1.82, 2.24) is 4.90 Å². The molecule has 2 bridgehead atoms. The SMILES string of the molecule is CO[C@@H]1C[C@@H](C[C@@H](C)[C@@H]2CC[C@H](C)/C=C(\C)[C@@H](O)[C@@H](OC)C(=O)[C@H](C)C[C@H](C)/C=C/C=C/C=C(\C)C(Nc3cccc(C(F)(F)F)c3)C[C@@H]3CC[C@@H](C)[C@@](O)(O3)C(=O)C(=O)N3CCCC[C@H]3C(=O)O2)CC[C@H]1O. The number of amides is 1. The molecule has 3 fully saturated rings. The van der Waals surface area contributed by atoms with Crippen molar-refractivity contribution in [3.63, 3.8) is 0 Å². The summed E-state index contributed by atoms with van der Waals surface area (Å²) in [6, 6.07) is 3.06. The number of fused-ring (bicyclic) bond motifs is 3. The highest BCUT2D eigenvalue weighted by atomic mass is 19.4. The average molecular weight is 1030 g/mol. The Kier molecular flexibility index (Phi) is 22.1. The molecule has 1 aromatic carbocycles. The summed E-state index contributed by atoms with van der Waals surface area (Å²) >= 11 is 0. The second-order valence-electron chi connectivity index (χ2n) is 21.7. The van der Waals surface area contributed by atoms with Crippen molar-refractivity contribution in [3.05, 3.63) is 77.4 Å². The van der Waals surface area contributed by atoms with Crippen molar-refractivity contribution in [1.29, 1.82) is 0 Å². The Morgan fingerprint density at radius 2 is 1.60 bits per heavy atom. The fourth-order valence-electron chi connectivity index (χ4n) is 11.2. The number of nitrogens with one attached hydrogen (secondary N) is 1. The maximum absolute atomic E-state index is 14.5. The molecule has 4 aliphatic rings. The Bertz CT molecular complexity index is 2140. The number of halogens is 3. The molecule has 1 amide bonds. The maximum Gasteiger partial charge on any atom is 0.416 e. The number of methoxy groups -OCH3 is 2. The van der Waals surface area contributed by atoms with Crippen LogP contribution >= 0.6 is 0 Å². The number of ether oxygens (including phenoxy) is 4. The minimum atomic E-state index is -4.59. The van der Waals surface area contributed by atoms with Gasteiger partial charge in [-0.25, -0.2) is 4.79 Å². The Morgan fingerprint density at radius 3 is 2.30 bits per heavy atom. The van der Waals surface area contributed by atoms with Crippen LogP contribution in [0.15, 0.2) is 71.9 Å². The van der Waals surface area contributed by atoms with Crippen molar-refractivity contribution < 1.29 is 66.6 Å². The minimum Gasteiger partial charge on any atom is -0.461 e. The van der Waals surface area contributed by atoms with Gasteiger partial charge in [0.1, 0.15) is 24.4 Å². The number of carbonyl (C=O) groups is 4. The number of anilines is 1. The zero-order valence-corrected chi connectivity index (χ0v) is 44.4. The molecule has 73 heavy (non-hydrogen) atoms. The van der Waals surface area contributed by atoms with E-state index in [4.69, 9.17) is 18.9 Å². The molecule has 0 radical (unpaired) electrons. The lowest BCUT2D eigenvalue weighted by atomic mass is 9.78. The number of alkyl halides is 3. The van der Waals surface area contributed by atoms with Crippen LogP contribution in [-0.2, 0) is 44.3 Å². The van der Waals surface area contributed by atoms with Crippen molar-refractivity contribution in [2.45, 2.75) is 193 Å². The monoisotopic (exact) mass is 1030 g/mol. The van der Waals surface area contributed by atoms with Gasteiger partial charge >= 0.3 is 12.1 Å². The number of piperidine rings is 1. The lowest BCUT2D eigenvalue weighted by Crippen LogP contribution is -2.61. The van der Waals surface area contributed by atoms with Crippen molar-refractivity contribution in [2.75, 3.05) is 26.1 Å². The molecule has 2 saturated heterocycles. The number of hydrogen-bond acceptors (Lipinski definition) is 12. The quantitative estimate of drug-likeness (QED) is 0.116. The molecular weight excluding hydrogens is 946 g/mol. The number of cyclic esters (lactones) is 1. The van der Waals surface area contributed by atoms with E-state index in [0.717, 1.165) is 18.6 Å². The summed E-state index contributed by atoms with van der Waals surface area (Å²) in [4.78, 5) is 58.4. The Balaban J connectivity index is 1.50. The van der Waals surface area contributed by atoms with Crippen molar-refractivity contribution >= 4 is 29.1 Å². The standard InChI is InChI=1S/C57H83F3N2O11/c1-34-16-11-10-12-17-36(3)45(61-43-19-15-18-42(32-43)57(58,59)60)33-44-24-22-40(7)56(69,73-44)53(66)54(67)62-27-14-13-20-46(62)55(68)72-48(37(4)30-41-23-25-47(63)49(31-41)70-8)26-21-35(2)29-39(6)51(65)52(71-9)50(64)38(5)28-34/h10-12,15-19,29,32,34-35,37-38,40-41,44-49,51-52,61,63,65,69H,13-14,20-28,30-31,33H2,1-9H3/b12-10+,16-11+,36-17+,39-29+/t34-,35+,37-,38-,40-,41-,44+,45?,46+,47-,48+,49-,51-,52+,56-/m1/s1. The second kappa shape index (κ2) is 27.0. The maximum atomic E-state index is 14.5. The minimum absolute atomic E-state index is 0.0400. The summed E-state index contributed by atoms with van der Waals surface area (Å²) in [5.41, 5.74) is 0.623. The summed E-state index contributed by atoms with van der Waals surface area (Å²) in [6.45, 7) is 13.1. The molecule has 3 heterocycles. The summed E-state index contributed by atoms with van der Waals surface area (Å²) in [7, 11) is 2.99. The number of benzene rings is 1. The van der Waals surface area contributed by atoms with Gasteiger partial charge in [-0.15, -0.1) is 0 Å². The van der Waals surface area contributed by atoms with Gasteiger partial charge in [-0.3, -0.25) is 14.4 Å². The molecule has 1 aliphatic carbocycles. The van der Waals surface area contributed by atoms with Crippen molar-refractivity contribution in [2.24, 2.45) is 35.5 Å². The zero-order valence-electron chi connectivity index (χ0n) is 44.4. The molecule has 0 aromatic heterocycles. The molecule has 1 aromatic rings. The fraction of sp³-hybridized carbons (Fsp3) is 0.684. The van der Waals surface area contributed by atoms with Gasteiger partial charge in [-0.05, 0) is 145 Å². The predicted octanol–water partition coefficient (Wildman–Crippen LogP) is 9.49. The summed E-state index contributed by atoms with van der Waals surface area (Å²) < 4.78 is 65.4. The van der Waals surface area contributed by atoms with Gasteiger partial charge in [0.25, 0.3) is 11.7 Å². The van der Waals surface area contributed by atoms with Crippen LogP contribution in [0.5, 0.6) is 0 Å². The van der Waals surface area contributed by atoms with E-state index in [9.17, 15) is 47.7 Å². The van der Waals surface area contributed by atoms with Crippen LogP contribution in [0.1, 0.15) is 138 Å². The Morgan fingerprint density at radius 1 is 0.863 bits per heavy atom. The van der Waals surface area contributed by atoms with Crippen LogP contribution in [0, 0.1) is 35.5 Å². The van der Waals surface area contributed by atoms with E-state index >= 15 is 0 Å². The molecule has 15 atom stereocenters. The molecule has 13 nitrogen and oxygen atoms in total. The van der Waals surface area contributed by atoms with Crippen LogP contribution in [0.2, 0.25) is 0 Å². The third kappa shape index (κ3) is 16.2. The normalized spacial score (nSPS) is 37.4. The van der Waals surface area contributed by atoms with Crippen LogP contribution in [0.4, 0.5) is 18.9 Å². The van der Waals surface area contributed by atoms with Gasteiger partial charge in [-0.2, -0.15) is 13.2 Å². The Labute approximate surface area is 431 Å². The highest BCUT2D eigenvalue weighted by Crippen LogP contribution is 2.39. The number of aliphatic hydroxyl groups excluding tert-OH is 2. The largest absolute Gasteiger partial charge is 0.461 e. The number of hydrogen-bond donors (Lipinski definition) is 4. The van der Waals surface area contributed by atoms with Crippen LogP contribution in [0.25, 0.3) is 0 Å². The molecule has 5 rings (SSSR count). The van der Waals surface area contributed by atoms with E-state index in [0.29, 0.717) is 75.4 Å². The molecular formula is C57H83F3N2O11. The third-order valence-electron chi connectivity index (χ3n) is 15.8. The van der Waals surface area contributed by atoms with E-state index in [-0.39, 0.29) is 60.6 Å². The first-order chi connectivity index (χ1) is 34.5. The number of ketones is 2. The molecule has 1 unspecified atom stereocenters. The topological polar surface area (TPSA) is 181 Å².